The Hall–Kier alpha value is 0.0696. The summed E-state index contributed by atoms with van der Waals surface area (Å²) in [5, 5.41) is 16.8. The minimum absolute atomic E-state index is 0.229. The van der Waals surface area contributed by atoms with Gasteiger partial charge in [0.05, 0.1) is 0 Å². The fourth-order valence-corrected chi connectivity index (χ4v) is 2.61. The zero-order valence-electron chi connectivity index (χ0n) is 8.96. The Bertz CT molecular complexity index is 267. The van der Waals surface area contributed by atoms with Crippen LogP contribution in [-0.2, 0) is 12.7 Å². The molecule has 9 nitrogen and oxygen atoms in total. The van der Waals surface area contributed by atoms with Crippen LogP contribution in [0.5, 0.6) is 0 Å². The molecule has 0 aromatic carbocycles. The summed E-state index contributed by atoms with van der Waals surface area (Å²) >= 11 is -3.61. The van der Waals surface area contributed by atoms with E-state index in [1.165, 1.54) is 21.6 Å². The van der Waals surface area contributed by atoms with Crippen LogP contribution in [0.1, 0.15) is 0 Å². The summed E-state index contributed by atoms with van der Waals surface area (Å²) in [7, 11) is 2.41. The van der Waals surface area contributed by atoms with Crippen LogP contribution in [-0.4, -0.2) is 73.0 Å². The Kier molecular flexibility index (Phi) is 13.7. The molecule has 0 radical (unpaired) electrons. The molecule has 0 saturated carbocycles. The van der Waals surface area contributed by atoms with E-state index in [0.29, 0.717) is 0 Å². The minimum atomic E-state index is -3.61. The number of carboxylic acids is 2. The van der Waals surface area contributed by atoms with Crippen molar-refractivity contribution in [2.75, 3.05) is 11.5 Å². The summed E-state index contributed by atoms with van der Waals surface area (Å²) < 4.78 is 23.3. The molecule has 0 aliphatic heterocycles. The predicted molar refractivity (Wildman–Crippen MR) is 67.0 cm³/mol. The van der Waals surface area contributed by atoms with Crippen molar-refractivity contribution in [2.45, 2.75) is 12.1 Å². The van der Waals surface area contributed by atoms with Gasteiger partial charge in [-0.05, 0) is 0 Å². The first-order chi connectivity index (χ1) is 8.18. The molecule has 0 aromatic rings. The van der Waals surface area contributed by atoms with Gasteiger partial charge in [-0.3, -0.25) is 9.59 Å². The summed E-state index contributed by atoms with van der Waals surface area (Å²) in [6.07, 6.45) is 0. The van der Waals surface area contributed by atoms with Gasteiger partial charge in [-0.1, -0.05) is 21.6 Å². The number of aliphatic carboxylic acids is 2. The van der Waals surface area contributed by atoms with Gasteiger partial charge in [-0.25, -0.2) is 0 Å². The first-order valence-corrected chi connectivity index (χ1v) is 9.72. The molecule has 0 aliphatic carbocycles. The number of nitrogens with two attached hydrogens (primary N) is 2. The molecule has 0 heterocycles. The third-order valence-corrected chi connectivity index (χ3v) is 3.69. The topological polar surface area (TPSA) is 184 Å². The van der Waals surface area contributed by atoms with E-state index in [1.807, 2.05) is 0 Å². The molecule has 0 bridgehead atoms. The van der Waals surface area contributed by atoms with Gasteiger partial charge in [0.15, 0.2) is 0 Å². The van der Waals surface area contributed by atoms with Gasteiger partial charge in [0.25, 0.3) is 0 Å². The fraction of sp³-hybridized carbons (Fsp3) is 0.667. The summed E-state index contributed by atoms with van der Waals surface area (Å²) in [4.78, 5) is 20.5. The van der Waals surface area contributed by atoms with Crippen molar-refractivity contribution in [2.24, 2.45) is 11.5 Å². The van der Waals surface area contributed by atoms with Crippen LogP contribution >= 0.6 is 21.6 Å². The van der Waals surface area contributed by atoms with E-state index in [0.717, 1.165) is 0 Å². The second kappa shape index (κ2) is 12.1. The number of hydrogen-bond acceptors (Lipinski definition) is 7. The first-order valence-electron chi connectivity index (χ1n) is 4.19. The van der Waals surface area contributed by atoms with Crippen molar-refractivity contribution in [3.05, 3.63) is 0 Å². The van der Waals surface area contributed by atoms with Crippen LogP contribution in [0.3, 0.4) is 0 Å². The molecule has 2 atom stereocenters. The molecular weight excluding hydrogens is 404 g/mol. The van der Waals surface area contributed by atoms with E-state index >= 15 is 0 Å². The molecule has 18 heavy (non-hydrogen) atoms. The van der Waals surface area contributed by atoms with E-state index in [1.54, 1.807) is 0 Å². The van der Waals surface area contributed by atoms with E-state index in [-0.39, 0.29) is 11.5 Å². The summed E-state index contributed by atoms with van der Waals surface area (Å²) in [5.41, 5.74) is 10.4. The molecule has 0 saturated heterocycles. The van der Waals surface area contributed by atoms with E-state index < -0.39 is 44.4 Å². The van der Waals surface area contributed by atoms with Crippen LogP contribution in [0, 0.1) is 0 Å². The normalized spacial score (nSPS) is 13.4. The Morgan fingerprint density at radius 1 is 1.00 bits per heavy atom. The first kappa shape index (κ1) is 20.4. The number of carbonyl (C=O) groups is 2. The van der Waals surface area contributed by atoms with Gasteiger partial charge in [0, 0.05) is 11.5 Å². The Morgan fingerprint density at radius 3 is 1.39 bits per heavy atom. The third kappa shape index (κ3) is 16.1. The van der Waals surface area contributed by atoms with Crippen LogP contribution in [0.15, 0.2) is 0 Å². The molecule has 108 valence electrons. The maximum absolute atomic E-state index is 10.3. The van der Waals surface area contributed by atoms with Crippen LogP contribution in [0.4, 0.5) is 0 Å². The molecule has 2 unspecified atom stereocenters. The second-order valence-electron chi connectivity index (χ2n) is 2.69. The Morgan fingerprint density at radius 2 is 1.22 bits per heavy atom. The fourth-order valence-electron chi connectivity index (χ4n) is 0.385. The molecule has 8 N–H and O–H groups in total. The summed E-state index contributed by atoms with van der Waals surface area (Å²) in [6, 6.07) is -1.85. The number of rotatable bonds is 7. The van der Waals surface area contributed by atoms with Crippen molar-refractivity contribution < 1.29 is 29.8 Å². The van der Waals surface area contributed by atoms with Crippen LogP contribution < -0.4 is 11.5 Å². The van der Waals surface area contributed by atoms with Crippen LogP contribution in [0.25, 0.3) is 0 Å². The molecule has 12 heteroatoms. The molecule has 0 aliphatic rings. The van der Waals surface area contributed by atoms with Gasteiger partial charge in [0.2, 0.25) is 0 Å². The van der Waals surface area contributed by atoms with E-state index in [9.17, 15) is 9.59 Å². The summed E-state index contributed by atoms with van der Waals surface area (Å²) in [6.45, 7) is 0. The van der Waals surface area contributed by atoms with Crippen molar-refractivity contribution in [1.29, 1.82) is 0 Å². The molecule has 0 aromatic heterocycles. The molecule has 0 spiro atoms. The SMILES string of the molecule is NC(CSSCC(N)C(=O)O)C(=O)O.O=[Te](O)O. The van der Waals surface area contributed by atoms with Crippen LogP contribution in [0.2, 0.25) is 0 Å². The molecular formula is C6H14N2O7S2Te. The average molecular weight is 418 g/mol. The Labute approximate surface area is 118 Å². The van der Waals surface area contributed by atoms with Gasteiger partial charge < -0.3 is 21.7 Å². The van der Waals surface area contributed by atoms with Crippen molar-refractivity contribution in [3.8, 4) is 0 Å². The molecule has 0 fully saturated rings. The van der Waals surface area contributed by atoms with Gasteiger partial charge in [-0.2, -0.15) is 0 Å². The monoisotopic (exact) mass is 420 g/mol. The quantitative estimate of drug-likeness (QED) is 0.147. The van der Waals surface area contributed by atoms with Gasteiger partial charge in [0.1, 0.15) is 12.1 Å². The number of carboxylic acid groups (broad SMARTS) is 2. The Balaban J connectivity index is 0. The molecule has 0 rings (SSSR count). The van der Waals surface area contributed by atoms with Crippen molar-refractivity contribution >= 4 is 53.9 Å². The van der Waals surface area contributed by atoms with Gasteiger partial charge in [-0.15, -0.1) is 0 Å². The number of hydrogen-bond donors (Lipinski definition) is 6. The zero-order chi connectivity index (χ0) is 14.7. The van der Waals surface area contributed by atoms with Crippen molar-refractivity contribution in [1.82, 2.24) is 0 Å². The summed E-state index contributed by atoms with van der Waals surface area (Å²) in [5.74, 6) is -1.68. The predicted octanol–water partition coefficient (Wildman–Crippen LogP) is -2.42. The standard InChI is InChI=1S/C6H12N2O4S2.H2O3Te/c7-3(5(9)10)1-13-14-2-4(8)6(11)12;1-4(2)3/h3-4H,1-2,7-8H2,(H,9,10)(H,11,12);(H2,1,2,3). The molecule has 0 amide bonds. The second-order valence-corrected chi connectivity index (χ2v) is 6.56. The third-order valence-electron chi connectivity index (χ3n) is 1.21. The van der Waals surface area contributed by atoms with E-state index in [4.69, 9.17) is 31.7 Å². The average Bonchev–Trinajstić information content (AvgIpc) is 2.22. The zero-order valence-corrected chi connectivity index (χ0v) is 12.9. The maximum atomic E-state index is 10.3. The van der Waals surface area contributed by atoms with E-state index in [2.05, 4.69) is 0 Å². The van der Waals surface area contributed by atoms with Crippen molar-refractivity contribution in [3.63, 3.8) is 0 Å². The van der Waals surface area contributed by atoms with Gasteiger partial charge >= 0.3 is 42.3 Å².